The molecule has 0 unspecified atom stereocenters. The molecule has 0 bridgehead atoms. The minimum absolute atomic E-state index is 0.145. The lowest BCUT2D eigenvalue weighted by atomic mass is 10.2. The highest BCUT2D eigenvalue weighted by molar-refractivity contribution is 5.90. The predicted octanol–water partition coefficient (Wildman–Crippen LogP) is 3.58. The van der Waals surface area contributed by atoms with Gasteiger partial charge < -0.3 is 18.9 Å². The molecule has 30 heavy (non-hydrogen) atoms. The van der Waals surface area contributed by atoms with Crippen molar-refractivity contribution < 1.29 is 38.1 Å². The topological polar surface area (TPSA) is 105 Å². The molecule has 8 nitrogen and oxygen atoms in total. The zero-order valence-electron chi connectivity index (χ0n) is 18.4. The average Bonchev–Trinajstić information content (AvgIpc) is 2.73. The van der Waals surface area contributed by atoms with E-state index < -0.39 is 17.9 Å². The van der Waals surface area contributed by atoms with Crippen molar-refractivity contribution in [2.24, 2.45) is 0 Å². The number of ether oxygens (including phenoxy) is 4. The maximum atomic E-state index is 11.5. The van der Waals surface area contributed by atoms with Crippen molar-refractivity contribution >= 4 is 23.9 Å². The van der Waals surface area contributed by atoms with E-state index >= 15 is 0 Å². The van der Waals surface area contributed by atoms with Crippen LogP contribution >= 0.6 is 0 Å². The van der Waals surface area contributed by atoms with E-state index in [9.17, 15) is 19.2 Å². The Bertz CT molecular complexity index is 671. The first-order valence-electron chi connectivity index (χ1n) is 9.35. The molecule has 0 atom stereocenters. The largest absolute Gasteiger partial charge is 0.466 e. The standard InChI is InChI=1S/C14H18O6.C8H14O2/c1-5-12(15)19-8-6-7-10(2)14(17)20-9-11(3)13(16)18-4;1-4-5-6-10-8(9)7(2)3/h5,7,9H,1,6,8H2,2-4H3;2,4-6H2,1,3H3. The number of rotatable bonds is 11. The first kappa shape index (κ1) is 29.0. The van der Waals surface area contributed by atoms with E-state index in [1.807, 2.05) is 0 Å². The van der Waals surface area contributed by atoms with Gasteiger partial charge in [0.2, 0.25) is 0 Å². The minimum atomic E-state index is -0.594. The molecule has 8 heteroatoms. The molecule has 0 rings (SSSR count). The van der Waals surface area contributed by atoms with Crippen LogP contribution in [0.1, 0.15) is 47.0 Å². The normalized spacial score (nSPS) is 10.7. The molecule has 0 aliphatic rings. The van der Waals surface area contributed by atoms with Gasteiger partial charge in [-0.15, -0.1) is 0 Å². The monoisotopic (exact) mass is 424 g/mol. The van der Waals surface area contributed by atoms with Gasteiger partial charge in [0.1, 0.15) is 6.26 Å². The number of unbranched alkanes of at least 4 members (excludes halogenated alkanes) is 1. The smallest absolute Gasteiger partial charge is 0.338 e. The van der Waals surface area contributed by atoms with Crippen LogP contribution in [0.15, 0.2) is 48.3 Å². The summed E-state index contributed by atoms with van der Waals surface area (Å²) in [5, 5.41) is 0. The molecule has 0 saturated heterocycles. The van der Waals surface area contributed by atoms with Crippen molar-refractivity contribution in [3.63, 3.8) is 0 Å². The molecule has 0 aromatic rings. The summed E-state index contributed by atoms with van der Waals surface area (Å²) in [6, 6.07) is 0. The summed E-state index contributed by atoms with van der Waals surface area (Å²) in [6.45, 7) is 14.1. The second-order valence-corrected chi connectivity index (χ2v) is 6.01. The first-order chi connectivity index (χ1) is 14.1. The Morgan fingerprint density at radius 2 is 1.53 bits per heavy atom. The Hall–Kier alpha value is -3.16. The molecule has 168 valence electrons. The van der Waals surface area contributed by atoms with Crippen LogP contribution < -0.4 is 0 Å². The van der Waals surface area contributed by atoms with E-state index in [1.54, 1.807) is 19.9 Å². The summed E-state index contributed by atoms with van der Waals surface area (Å²) in [5.41, 5.74) is 0.984. The maximum absolute atomic E-state index is 11.5. The van der Waals surface area contributed by atoms with Crippen LogP contribution in [-0.4, -0.2) is 44.2 Å². The highest BCUT2D eigenvalue weighted by atomic mass is 16.5. The van der Waals surface area contributed by atoms with Crippen LogP contribution in [0.4, 0.5) is 0 Å². The fraction of sp³-hybridized carbons (Fsp3) is 0.455. The van der Waals surface area contributed by atoms with Gasteiger partial charge in [0, 0.05) is 23.6 Å². The summed E-state index contributed by atoms with van der Waals surface area (Å²) in [5.74, 6) is -1.97. The van der Waals surface area contributed by atoms with Gasteiger partial charge in [0.15, 0.2) is 0 Å². The minimum Gasteiger partial charge on any atom is -0.466 e. The second kappa shape index (κ2) is 17.9. The molecule has 0 amide bonds. The van der Waals surface area contributed by atoms with E-state index in [0.29, 0.717) is 24.2 Å². The van der Waals surface area contributed by atoms with Gasteiger partial charge in [-0.1, -0.05) is 32.6 Å². The lowest BCUT2D eigenvalue weighted by Crippen LogP contribution is -2.06. The number of esters is 4. The van der Waals surface area contributed by atoms with E-state index in [1.165, 1.54) is 14.0 Å². The molecule has 0 radical (unpaired) electrons. The zero-order chi connectivity index (χ0) is 23.5. The van der Waals surface area contributed by atoms with Gasteiger partial charge in [0.05, 0.1) is 25.9 Å². The fourth-order valence-electron chi connectivity index (χ4n) is 1.45. The predicted molar refractivity (Wildman–Crippen MR) is 112 cm³/mol. The molecular formula is C22H32O8. The van der Waals surface area contributed by atoms with Crippen LogP contribution in [-0.2, 0) is 38.1 Å². The van der Waals surface area contributed by atoms with Crippen molar-refractivity contribution in [1.82, 2.24) is 0 Å². The average molecular weight is 424 g/mol. The van der Waals surface area contributed by atoms with Crippen molar-refractivity contribution in [3.8, 4) is 0 Å². The number of carbonyl (C=O) groups excluding carboxylic acids is 4. The van der Waals surface area contributed by atoms with Crippen molar-refractivity contribution in [1.29, 1.82) is 0 Å². The van der Waals surface area contributed by atoms with Crippen LogP contribution in [0.25, 0.3) is 0 Å². The highest BCUT2D eigenvalue weighted by Crippen LogP contribution is 2.03. The molecule has 0 N–H and O–H groups in total. The number of carbonyl (C=O) groups is 4. The third-order valence-electron chi connectivity index (χ3n) is 3.23. The summed E-state index contributed by atoms with van der Waals surface area (Å²) < 4.78 is 18.8. The summed E-state index contributed by atoms with van der Waals surface area (Å²) in [4.78, 5) is 44.0. The van der Waals surface area contributed by atoms with Gasteiger partial charge in [-0.2, -0.15) is 0 Å². The van der Waals surface area contributed by atoms with Gasteiger partial charge in [0.25, 0.3) is 0 Å². The molecule has 0 fully saturated rings. The second-order valence-electron chi connectivity index (χ2n) is 6.01. The zero-order valence-corrected chi connectivity index (χ0v) is 18.4. The lowest BCUT2D eigenvalue weighted by Gasteiger charge is -2.02. The molecule has 0 aliphatic heterocycles. The third kappa shape index (κ3) is 15.9. The van der Waals surface area contributed by atoms with Gasteiger partial charge in [-0.05, 0) is 27.2 Å². The van der Waals surface area contributed by atoms with Crippen LogP contribution in [0.5, 0.6) is 0 Å². The van der Waals surface area contributed by atoms with Crippen molar-refractivity contribution in [2.75, 3.05) is 20.3 Å². The van der Waals surface area contributed by atoms with Gasteiger partial charge in [-0.25, -0.2) is 19.2 Å². The highest BCUT2D eigenvalue weighted by Gasteiger charge is 2.07. The van der Waals surface area contributed by atoms with E-state index in [2.05, 4.69) is 24.8 Å². The number of hydrogen-bond acceptors (Lipinski definition) is 8. The Morgan fingerprint density at radius 3 is 2.03 bits per heavy atom. The van der Waals surface area contributed by atoms with Crippen LogP contribution in [0.3, 0.4) is 0 Å². The van der Waals surface area contributed by atoms with E-state index in [-0.39, 0.29) is 18.1 Å². The third-order valence-corrected chi connectivity index (χ3v) is 3.23. The van der Waals surface area contributed by atoms with E-state index in [4.69, 9.17) is 14.2 Å². The van der Waals surface area contributed by atoms with Gasteiger partial charge >= 0.3 is 23.9 Å². The molecule has 0 aliphatic carbocycles. The fourth-order valence-corrected chi connectivity index (χ4v) is 1.45. The summed E-state index contributed by atoms with van der Waals surface area (Å²) >= 11 is 0. The number of methoxy groups -OCH3 is 1. The van der Waals surface area contributed by atoms with Crippen molar-refractivity contribution in [3.05, 3.63) is 48.3 Å². The Morgan fingerprint density at radius 1 is 0.900 bits per heavy atom. The van der Waals surface area contributed by atoms with Gasteiger partial charge in [-0.3, -0.25) is 0 Å². The quantitative estimate of drug-likeness (QED) is 0.163. The van der Waals surface area contributed by atoms with Crippen molar-refractivity contribution in [2.45, 2.75) is 47.0 Å². The summed E-state index contributed by atoms with van der Waals surface area (Å²) in [7, 11) is 1.23. The molecular weight excluding hydrogens is 392 g/mol. The molecule has 0 aromatic heterocycles. The van der Waals surface area contributed by atoms with Crippen LogP contribution in [0, 0.1) is 0 Å². The SMILES string of the molecule is C=C(C)C(=O)OCCCC.C=CC(=O)OCCC=C(C)C(=O)OC=C(C)C(=O)OC. The molecule has 0 saturated carbocycles. The Labute approximate surface area is 178 Å². The van der Waals surface area contributed by atoms with Crippen LogP contribution in [0.2, 0.25) is 0 Å². The maximum Gasteiger partial charge on any atom is 0.338 e. The number of hydrogen-bond donors (Lipinski definition) is 0. The first-order valence-corrected chi connectivity index (χ1v) is 9.35. The molecule has 0 aromatic carbocycles. The lowest BCUT2D eigenvalue weighted by molar-refractivity contribution is -0.139. The molecule has 0 heterocycles. The van der Waals surface area contributed by atoms with E-state index in [0.717, 1.165) is 25.2 Å². The Kier molecular flexibility index (Phi) is 17.3. The Balaban J connectivity index is 0. The summed E-state index contributed by atoms with van der Waals surface area (Å²) in [6.07, 6.45) is 6.01. The molecule has 0 spiro atoms.